The van der Waals surface area contributed by atoms with Crippen LogP contribution in [0.1, 0.15) is 59.9 Å². The van der Waals surface area contributed by atoms with Gasteiger partial charge in [-0.15, -0.1) is 0 Å². The van der Waals surface area contributed by atoms with Crippen LogP contribution in [0.4, 0.5) is 4.79 Å². The molecule has 1 heterocycles. The van der Waals surface area contributed by atoms with E-state index in [2.05, 4.69) is 46.3 Å². The van der Waals surface area contributed by atoms with Gasteiger partial charge in [-0.1, -0.05) is 30.3 Å². The molecule has 1 fully saturated rings. The first-order chi connectivity index (χ1) is 14.6. The molecular weight excluding hydrogens is 392 g/mol. The number of alkyl carbamates (subject to hydrolysis) is 1. The maximum Gasteiger partial charge on any atom is 0.408 e. The lowest BCUT2D eigenvalue weighted by atomic mass is 9.74. The minimum Gasteiger partial charge on any atom is -0.444 e. The smallest absolute Gasteiger partial charge is 0.408 e. The molecule has 1 aromatic rings. The molecule has 2 rings (SSSR count). The quantitative estimate of drug-likeness (QED) is 0.453. The minimum atomic E-state index is -0.541. The number of carbonyl (C=O) groups excluding carboxylic acids is 1. The van der Waals surface area contributed by atoms with Gasteiger partial charge in [-0.25, -0.2) is 4.79 Å². The molecule has 0 spiro atoms. The Balaban J connectivity index is 2.05. The molecule has 0 radical (unpaired) electrons. The van der Waals surface area contributed by atoms with E-state index in [1.54, 1.807) is 0 Å². The molecule has 1 amide bonds. The van der Waals surface area contributed by atoms with E-state index in [1.807, 2.05) is 41.5 Å². The lowest BCUT2D eigenvalue weighted by Crippen LogP contribution is -2.50. The highest BCUT2D eigenvalue weighted by Crippen LogP contribution is 2.34. The topological polar surface area (TPSA) is 84.0 Å². The second-order valence-electron chi connectivity index (χ2n) is 9.82. The molecule has 1 aromatic carbocycles. The molecule has 3 N–H and O–H groups in total. The van der Waals surface area contributed by atoms with Crippen LogP contribution in [0.3, 0.4) is 0 Å². The Labute approximate surface area is 187 Å². The fourth-order valence-electron chi connectivity index (χ4n) is 3.61. The number of hydrogen-bond donors (Lipinski definition) is 3. The maximum atomic E-state index is 12.2. The molecule has 0 bridgehead atoms. The maximum absolute atomic E-state index is 12.2. The van der Waals surface area contributed by atoms with Crippen molar-refractivity contribution in [3.63, 3.8) is 0 Å². The number of aliphatic imine (C=N–C) groups is 1. The van der Waals surface area contributed by atoms with E-state index in [0.29, 0.717) is 6.54 Å². The van der Waals surface area contributed by atoms with E-state index in [-0.39, 0.29) is 5.41 Å². The van der Waals surface area contributed by atoms with Crippen molar-refractivity contribution in [2.75, 3.05) is 32.8 Å². The van der Waals surface area contributed by atoms with Crippen molar-refractivity contribution in [3.05, 3.63) is 35.9 Å². The molecule has 0 saturated carbocycles. The van der Waals surface area contributed by atoms with Gasteiger partial charge in [0.05, 0.1) is 12.1 Å². The van der Waals surface area contributed by atoms with Crippen molar-refractivity contribution in [1.29, 1.82) is 0 Å². The Bertz CT molecular complexity index is 720. The van der Waals surface area contributed by atoms with Crippen LogP contribution in [0.15, 0.2) is 35.3 Å². The Morgan fingerprint density at radius 1 is 1.10 bits per heavy atom. The number of nitrogens with zero attached hydrogens (tertiary/aromatic N) is 1. The zero-order valence-corrected chi connectivity index (χ0v) is 20.0. The SMILES string of the molecule is CCNC(=NCC(C)(C)NC(=O)OC(C)(C)C)NCC1(c2ccccc2)CCOCC1. The molecule has 1 saturated heterocycles. The summed E-state index contributed by atoms with van der Waals surface area (Å²) in [5.74, 6) is 0.739. The highest BCUT2D eigenvalue weighted by atomic mass is 16.6. The number of rotatable bonds is 7. The van der Waals surface area contributed by atoms with Gasteiger partial charge in [-0.3, -0.25) is 4.99 Å². The summed E-state index contributed by atoms with van der Waals surface area (Å²) in [6.07, 6.45) is 1.50. The van der Waals surface area contributed by atoms with E-state index >= 15 is 0 Å². The lowest BCUT2D eigenvalue weighted by Gasteiger charge is -2.38. The Morgan fingerprint density at radius 3 is 2.32 bits per heavy atom. The van der Waals surface area contributed by atoms with Crippen LogP contribution >= 0.6 is 0 Å². The van der Waals surface area contributed by atoms with Gasteiger partial charge < -0.3 is 25.4 Å². The molecule has 7 nitrogen and oxygen atoms in total. The molecule has 0 atom stereocenters. The van der Waals surface area contributed by atoms with Crippen LogP contribution in [0.25, 0.3) is 0 Å². The highest BCUT2D eigenvalue weighted by molar-refractivity contribution is 5.80. The fourth-order valence-corrected chi connectivity index (χ4v) is 3.61. The van der Waals surface area contributed by atoms with Crippen LogP contribution < -0.4 is 16.0 Å². The standard InChI is InChI=1S/C24H40N4O3/c1-7-25-20(26-17-23(5,6)28-21(29)31-22(2,3)4)27-18-24(13-15-30-16-14-24)19-11-9-8-10-12-19/h8-12H,7,13-18H2,1-6H3,(H,28,29)(H2,25,26,27). The number of benzene rings is 1. The second kappa shape index (κ2) is 10.8. The normalized spacial score (nSPS) is 17.0. The molecule has 0 aliphatic carbocycles. The van der Waals surface area contributed by atoms with Crippen LogP contribution in [-0.4, -0.2) is 56.0 Å². The Hall–Kier alpha value is -2.28. The molecule has 7 heteroatoms. The number of ether oxygens (including phenoxy) is 2. The lowest BCUT2D eigenvalue weighted by molar-refractivity contribution is 0.0476. The van der Waals surface area contributed by atoms with Crippen LogP contribution in [-0.2, 0) is 14.9 Å². The van der Waals surface area contributed by atoms with Gasteiger partial charge in [-0.2, -0.15) is 0 Å². The number of carbonyl (C=O) groups is 1. The molecular formula is C24H40N4O3. The molecule has 0 unspecified atom stereocenters. The highest BCUT2D eigenvalue weighted by Gasteiger charge is 2.34. The third-order valence-electron chi connectivity index (χ3n) is 5.25. The minimum absolute atomic E-state index is 0.0139. The predicted octanol–water partition coefficient (Wildman–Crippen LogP) is 3.59. The number of nitrogens with one attached hydrogen (secondary N) is 3. The van der Waals surface area contributed by atoms with Gasteiger partial charge in [0.2, 0.25) is 0 Å². The monoisotopic (exact) mass is 432 g/mol. The summed E-state index contributed by atoms with van der Waals surface area (Å²) >= 11 is 0. The molecule has 31 heavy (non-hydrogen) atoms. The summed E-state index contributed by atoms with van der Waals surface area (Å²) in [5, 5.41) is 9.76. The summed E-state index contributed by atoms with van der Waals surface area (Å²) in [6, 6.07) is 10.6. The third-order valence-corrected chi connectivity index (χ3v) is 5.25. The van der Waals surface area contributed by atoms with Gasteiger partial charge >= 0.3 is 6.09 Å². The van der Waals surface area contributed by atoms with Crippen molar-refractivity contribution in [1.82, 2.24) is 16.0 Å². The average molecular weight is 433 g/mol. The van der Waals surface area contributed by atoms with E-state index in [0.717, 1.165) is 45.1 Å². The van der Waals surface area contributed by atoms with E-state index in [9.17, 15) is 4.79 Å². The van der Waals surface area contributed by atoms with E-state index < -0.39 is 17.2 Å². The number of amides is 1. The Kier molecular flexibility index (Phi) is 8.74. The molecule has 174 valence electrons. The van der Waals surface area contributed by atoms with Crippen molar-refractivity contribution in [2.24, 2.45) is 4.99 Å². The van der Waals surface area contributed by atoms with Gasteiger partial charge in [0, 0.05) is 31.7 Å². The second-order valence-corrected chi connectivity index (χ2v) is 9.82. The largest absolute Gasteiger partial charge is 0.444 e. The first-order valence-electron chi connectivity index (χ1n) is 11.2. The van der Waals surface area contributed by atoms with Crippen molar-refractivity contribution < 1.29 is 14.3 Å². The first kappa shape index (κ1) is 25.0. The van der Waals surface area contributed by atoms with Crippen molar-refractivity contribution >= 4 is 12.1 Å². The molecule has 1 aliphatic heterocycles. The van der Waals surface area contributed by atoms with Crippen LogP contribution in [0.2, 0.25) is 0 Å². The molecule has 0 aromatic heterocycles. The fraction of sp³-hybridized carbons (Fsp3) is 0.667. The predicted molar refractivity (Wildman–Crippen MR) is 126 cm³/mol. The summed E-state index contributed by atoms with van der Waals surface area (Å²) in [5.41, 5.74) is 0.268. The zero-order valence-electron chi connectivity index (χ0n) is 20.0. The first-order valence-corrected chi connectivity index (χ1v) is 11.2. The summed E-state index contributed by atoms with van der Waals surface area (Å²) in [6.45, 7) is 14.9. The van der Waals surface area contributed by atoms with Crippen molar-refractivity contribution in [3.8, 4) is 0 Å². The summed E-state index contributed by atoms with van der Waals surface area (Å²) in [4.78, 5) is 16.9. The van der Waals surface area contributed by atoms with Gasteiger partial charge in [0.25, 0.3) is 0 Å². The average Bonchev–Trinajstić information content (AvgIpc) is 2.69. The Morgan fingerprint density at radius 2 is 1.74 bits per heavy atom. The third kappa shape index (κ3) is 8.40. The van der Waals surface area contributed by atoms with E-state index in [4.69, 9.17) is 14.5 Å². The summed E-state index contributed by atoms with van der Waals surface area (Å²) < 4.78 is 11.0. The number of guanidine groups is 1. The van der Waals surface area contributed by atoms with Crippen LogP contribution in [0.5, 0.6) is 0 Å². The zero-order chi connectivity index (χ0) is 23.0. The number of hydrogen-bond acceptors (Lipinski definition) is 4. The van der Waals surface area contributed by atoms with Crippen LogP contribution in [0, 0.1) is 0 Å². The van der Waals surface area contributed by atoms with Crippen molar-refractivity contribution in [2.45, 2.75) is 70.9 Å². The van der Waals surface area contributed by atoms with Gasteiger partial charge in [0.15, 0.2) is 5.96 Å². The molecule has 1 aliphatic rings. The van der Waals surface area contributed by atoms with Gasteiger partial charge in [0.1, 0.15) is 5.60 Å². The van der Waals surface area contributed by atoms with Gasteiger partial charge in [-0.05, 0) is 59.9 Å². The summed E-state index contributed by atoms with van der Waals surface area (Å²) in [7, 11) is 0. The van der Waals surface area contributed by atoms with E-state index in [1.165, 1.54) is 5.56 Å².